The molecule has 16 heteroatoms. The van der Waals surface area contributed by atoms with E-state index in [4.69, 9.17) is 14.6 Å². The molecule has 57 heavy (non-hydrogen) atoms. The third-order valence-corrected chi connectivity index (χ3v) is 12.3. The number of alkyl carbamates (subject to hydrolysis) is 1. The second-order valence-corrected chi connectivity index (χ2v) is 16.3. The lowest BCUT2D eigenvalue weighted by Crippen LogP contribution is -2.51. The summed E-state index contributed by atoms with van der Waals surface area (Å²) in [5, 5.41) is 4.54. The number of aromatic amines is 2. The molecule has 3 aliphatic rings. The first kappa shape index (κ1) is 37.9. The number of thioether (sulfide) groups is 1. The summed E-state index contributed by atoms with van der Waals surface area (Å²) < 4.78 is 9.27. The van der Waals surface area contributed by atoms with Crippen LogP contribution in [0.1, 0.15) is 56.2 Å². The summed E-state index contributed by atoms with van der Waals surface area (Å²) in [5.41, 5.74) is 7.85. The lowest BCUT2D eigenvalue weighted by molar-refractivity contribution is -0.135. The van der Waals surface area contributed by atoms with Crippen molar-refractivity contribution < 1.29 is 33.5 Å². The third kappa shape index (κ3) is 7.73. The maximum Gasteiger partial charge on any atom is 0.440 e. The van der Waals surface area contributed by atoms with E-state index in [0.717, 1.165) is 69.5 Å². The number of H-pyrrole nitrogens is 2. The van der Waals surface area contributed by atoms with Crippen LogP contribution in [0.2, 0.25) is 0 Å². The molecule has 4 amide bonds. The van der Waals surface area contributed by atoms with E-state index in [9.17, 15) is 19.2 Å². The molecule has 2 aliphatic heterocycles. The SMILES string of the molecule is COC(=O)NOC(=O)N1CCS[C@H]1c1ncc(-c2ccc(-c3ccc4cc(-c5cnc([C@@H]6CC7(CC7)CN6C(=O)[C@@H](NC(=O)OC)C(C)C)[nH]5)ccc4c3)cc2)[nH]1. The van der Waals surface area contributed by atoms with Crippen LogP contribution in [-0.2, 0) is 19.1 Å². The Morgan fingerprint density at radius 1 is 0.807 bits per heavy atom. The van der Waals surface area contributed by atoms with Gasteiger partial charge < -0.3 is 34.5 Å². The molecular formula is C41H44N8O7S. The number of methoxy groups -OCH3 is 2. The second-order valence-electron chi connectivity index (χ2n) is 15.1. The van der Waals surface area contributed by atoms with E-state index in [-0.39, 0.29) is 28.7 Å². The molecule has 0 unspecified atom stereocenters. The number of hydrogen-bond donors (Lipinski definition) is 4. The van der Waals surface area contributed by atoms with Gasteiger partial charge in [0.1, 0.15) is 23.1 Å². The van der Waals surface area contributed by atoms with Crippen LogP contribution in [0.15, 0.2) is 73.1 Å². The van der Waals surface area contributed by atoms with Crippen molar-refractivity contribution in [3.63, 3.8) is 0 Å². The van der Waals surface area contributed by atoms with Gasteiger partial charge in [0.25, 0.3) is 0 Å². The Morgan fingerprint density at radius 3 is 2.11 bits per heavy atom. The van der Waals surface area contributed by atoms with Gasteiger partial charge in [-0.25, -0.2) is 24.4 Å². The van der Waals surface area contributed by atoms with Crippen LogP contribution in [0.4, 0.5) is 14.4 Å². The number of nitrogens with zero attached hydrogens (tertiary/aromatic N) is 4. The molecule has 4 heterocycles. The Hall–Kier alpha value is -6.03. The number of benzene rings is 3. The van der Waals surface area contributed by atoms with Gasteiger partial charge in [-0.1, -0.05) is 62.4 Å². The number of ether oxygens (including phenoxy) is 2. The summed E-state index contributed by atoms with van der Waals surface area (Å²) in [7, 11) is 2.48. The van der Waals surface area contributed by atoms with Gasteiger partial charge in [-0.05, 0) is 70.2 Å². The highest BCUT2D eigenvalue weighted by atomic mass is 32.2. The quantitative estimate of drug-likeness (QED) is 0.0928. The fourth-order valence-electron chi connectivity index (χ4n) is 7.72. The molecule has 3 atom stereocenters. The van der Waals surface area contributed by atoms with E-state index >= 15 is 0 Å². The zero-order valence-corrected chi connectivity index (χ0v) is 32.9. The van der Waals surface area contributed by atoms with Crippen molar-refractivity contribution in [3.05, 3.63) is 84.7 Å². The zero-order chi connectivity index (χ0) is 39.8. The summed E-state index contributed by atoms with van der Waals surface area (Å²) in [6.45, 7) is 4.94. The van der Waals surface area contributed by atoms with Crippen molar-refractivity contribution in [1.29, 1.82) is 0 Å². The molecule has 4 N–H and O–H groups in total. The van der Waals surface area contributed by atoms with Gasteiger partial charge in [0.2, 0.25) is 5.91 Å². The fraction of sp³-hybridized carbons (Fsp3) is 0.366. The highest BCUT2D eigenvalue weighted by molar-refractivity contribution is 7.99. The molecule has 0 bridgehead atoms. The fourth-order valence-corrected chi connectivity index (χ4v) is 8.89. The first-order valence-electron chi connectivity index (χ1n) is 18.9. The highest BCUT2D eigenvalue weighted by Crippen LogP contribution is 2.58. The average molecular weight is 793 g/mol. The molecule has 3 aromatic carbocycles. The van der Waals surface area contributed by atoms with Crippen molar-refractivity contribution in [2.24, 2.45) is 11.3 Å². The number of hydrogen-bond acceptors (Lipinski definition) is 10. The van der Waals surface area contributed by atoms with E-state index in [1.165, 1.54) is 19.1 Å². The molecule has 15 nitrogen and oxygen atoms in total. The van der Waals surface area contributed by atoms with Gasteiger partial charge in [0, 0.05) is 24.4 Å². The number of carbonyl (C=O) groups is 4. The number of nitrogens with one attached hydrogen (secondary N) is 4. The minimum absolute atomic E-state index is 0.107. The number of amides is 4. The number of carbonyl (C=O) groups excluding carboxylic acids is 4. The van der Waals surface area contributed by atoms with Gasteiger partial charge in [-0.15, -0.1) is 17.2 Å². The molecule has 5 aromatic rings. The lowest BCUT2D eigenvalue weighted by atomic mass is 9.98. The van der Waals surface area contributed by atoms with Crippen LogP contribution in [0.25, 0.3) is 44.4 Å². The molecule has 296 valence electrons. The maximum absolute atomic E-state index is 13.9. The molecule has 1 spiro atoms. The van der Waals surface area contributed by atoms with Crippen molar-refractivity contribution >= 4 is 46.7 Å². The zero-order valence-electron chi connectivity index (χ0n) is 32.0. The van der Waals surface area contributed by atoms with Crippen LogP contribution in [0.3, 0.4) is 0 Å². The van der Waals surface area contributed by atoms with Crippen LogP contribution in [0, 0.1) is 11.3 Å². The molecular weight excluding hydrogens is 749 g/mol. The second kappa shape index (κ2) is 15.5. The van der Waals surface area contributed by atoms with E-state index in [1.807, 2.05) is 42.6 Å². The molecule has 3 fully saturated rings. The number of imidazole rings is 2. The number of fused-ring (bicyclic) bond motifs is 1. The number of likely N-dealkylation sites (tertiary alicyclic amines) is 1. The van der Waals surface area contributed by atoms with Crippen molar-refractivity contribution in [2.75, 3.05) is 33.1 Å². The monoisotopic (exact) mass is 792 g/mol. The minimum atomic E-state index is -0.864. The standard InChI is InChI=1S/C41H44N8O7S/c1-23(2)33(46-38(51)54-3)36(50)49-22-41(13-14-41)19-32(49)34-42-21-31(44-34)29-12-11-27-17-26(9-10-28(27)18-29)24-5-7-25(8-6-24)30-20-43-35(45-30)37-48(15-16-57-37)40(53)56-47-39(52)55-4/h5-12,17-18,20-21,23,32-33,37H,13-16,19,22H2,1-4H3,(H,42,44)(H,43,45)(H,46,51)(H,47,52)/t32-,33-,37-/m0/s1. The summed E-state index contributed by atoms with van der Waals surface area (Å²) in [6.07, 6.45) is 4.42. The molecule has 2 saturated heterocycles. The normalized spacial score (nSPS) is 18.8. The Kier molecular flexibility index (Phi) is 10.3. The molecule has 2 aromatic heterocycles. The first-order chi connectivity index (χ1) is 27.5. The first-order valence-corrected chi connectivity index (χ1v) is 19.9. The highest BCUT2D eigenvalue weighted by Gasteiger charge is 2.55. The van der Waals surface area contributed by atoms with Gasteiger partial charge in [-0.2, -0.15) is 0 Å². The van der Waals surface area contributed by atoms with E-state index < -0.39 is 24.3 Å². The summed E-state index contributed by atoms with van der Waals surface area (Å²) in [5.74, 6) is 1.84. The Labute approximate surface area is 333 Å². The van der Waals surface area contributed by atoms with Crippen LogP contribution < -0.4 is 10.8 Å². The van der Waals surface area contributed by atoms with Crippen LogP contribution in [0.5, 0.6) is 0 Å². The van der Waals surface area contributed by atoms with E-state index in [1.54, 1.807) is 18.0 Å². The lowest BCUT2D eigenvalue weighted by Gasteiger charge is -2.30. The van der Waals surface area contributed by atoms with E-state index in [2.05, 4.69) is 73.5 Å². The van der Waals surface area contributed by atoms with Gasteiger partial charge in [0.05, 0.1) is 44.0 Å². The van der Waals surface area contributed by atoms with Crippen molar-refractivity contribution in [1.82, 2.24) is 40.5 Å². The third-order valence-electron chi connectivity index (χ3n) is 11.1. The molecule has 8 rings (SSSR count). The Balaban J connectivity index is 0.949. The average Bonchev–Trinajstić information content (AvgIpc) is 3.76. The predicted octanol–water partition coefficient (Wildman–Crippen LogP) is 7.18. The minimum Gasteiger partial charge on any atom is -0.453 e. The van der Waals surface area contributed by atoms with Crippen molar-refractivity contribution in [2.45, 2.75) is 50.6 Å². The van der Waals surface area contributed by atoms with Gasteiger partial charge >= 0.3 is 18.3 Å². The van der Waals surface area contributed by atoms with Crippen LogP contribution >= 0.6 is 11.8 Å². The smallest absolute Gasteiger partial charge is 0.440 e. The van der Waals surface area contributed by atoms with E-state index in [0.29, 0.717) is 24.7 Å². The van der Waals surface area contributed by atoms with Gasteiger partial charge in [0.15, 0.2) is 0 Å². The Bertz CT molecular complexity index is 2320. The Morgan fingerprint density at radius 2 is 1.42 bits per heavy atom. The largest absolute Gasteiger partial charge is 0.453 e. The topological polar surface area (TPSA) is 184 Å². The number of rotatable bonds is 8. The van der Waals surface area contributed by atoms with Crippen molar-refractivity contribution in [3.8, 4) is 33.6 Å². The predicted molar refractivity (Wildman–Crippen MR) is 213 cm³/mol. The summed E-state index contributed by atoms with van der Waals surface area (Å²) in [6, 6.07) is 20.0. The molecule has 0 radical (unpaired) electrons. The van der Waals surface area contributed by atoms with Gasteiger partial charge in [-0.3, -0.25) is 9.69 Å². The maximum atomic E-state index is 13.9. The number of aromatic nitrogens is 4. The number of hydroxylamine groups is 1. The summed E-state index contributed by atoms with van der Waals surface area (Å²) >= 11 is 1.55. The molecule has 1 saturated carbocycles. The summed E-state index contributed by atoms with van der Waals surface area (Å²) in [4.78, 5) is 74.3. The van der Waals surface area contributed by atoms with Crippen LogP contribution in [-0.4, -0.2) is 93.0 Å². The molecule has 1 aliphatic carbocycles.